The third-order valence-electron chi connectivity index (χ3n) is 0. The molecule has 1 heteroatoms. The van der Waals surface area contributed by atoms with Crippen molar-refractivity contribution in [1.82, 2.24) is 0 Å². The van der Waals surface area contributed by atoms with E-state index < -0.39 is 0 Å². The minimum atomic E-state index is 0. The molecule has 3 radical (unpaired) electrons. The Labute approximate surface area is 50.9 Å². The maximum atomic E-state index is 3.64. The van der Waals surface area contributed by atoms with Gasteiger partial charge in [-0.1, -0.05) is 20.8 Å². The molecule has 0 bridgehead atoms. The molecule has 0 N–H and O–H groups in total. The van der Waals surface area contributed by atoms with Crippen LogP contribution in [0.3, 0.4) is 0 Å². The van der Waals surface area contributed by atoms with Gasteiger partial charge in [0.15, 0.2) is 0 Å². The zero-order valence-electron chi connectivity index (χ0n) is 3.99. The average molecular weight is 178 g/mol. The Morgan fingerprint density at radius 1 is 1.40 bits per heavy atom. The SMILES string of the molecule is [CH2]C(C)C.[SnH2]. The van der Waals surface area contributed by atoms with Gasteiger partial charge < -0.3 is 0 Å². The van der Waals surface area contributed by atoms with Gasteiger partial charge in [-0.05, 0) is 5.92 Å². The first-order valence-electron chi connectivity index (χ1n) is 1.56. The number of rotatable bonds is 0. The van der Waals surface area contributed by atoms with E-state index in [9.17, 15) is 0 Å². The van der Waals surface area contributed by atoms with Gasteiger partial charge in [0.2, 0.25) is 0 Å². The van der Waals surface area contributed by atoms with E-state index in [1.165, 1.54) is 0 Å². The van der Waals surface area contributed by atoms with Crippen LogP contribution in [0.15, 0.2) is 0 Å². The van der Waals surface area contributed by atoms with Crippen molar-refractivity contribution in [3.05, 3.63) is 6.92 Å². The molecule has 0 fully saturated rings. The minimum absolute atomic E-state index is 0. The van der Waals surface area contributed by atoms with Crippen molar-refractivity contribution < 1.29 is 0 Å². The Morgan fingerprint density at radius 3 is 1.40 bits per heavy atom. The Morgan fingerprint density at radius 2 is 1.40 bits per heavy atom. The van der Waals surface area contributed by atoms with Crippen molar-refractivity contribution in [3.8, 4) is 0 Å². The summed E-state index contributed by atoms with van der Waals surface area (Å²) in [5.74, 6) is 0.583. The molecule has 0 aliphatic rings. The van der Waals surface area contributed by atoms with Gasteiger partial charge in [-0.25, -0.2) is 0 Å². The Hall–Kier alpha value is 0.799. The van der Waals surface area contributed by atoms with Crippen molar-refractivity contribution in [2.45, 2.75) is 13.8 Å². The summed E-state index contributed by atoms with van der Waals surface area (Å²) in [7, 11) is 0. The predicted molar refractivity (Wildman–Crippen MR) is 28.7 cm³/mol. The van der Waals surface area contributed by atoms with Crippen LogP contribution in [0.1, 0.15) is 13.8 Å². The zero-order chi connectivity index (χ0) is 3.58. The van der Waals surface area contributed by atoms with Crippen molar-refractivity contribution in [1.29, 1.82) is 0 Å². The molecule has 0 aromatic carbocycles. The molecule has 0 rings (SSSR count). The molecule has 0 saturated carbocycles. The number of hydrogen-bond acceptors (Lipinski definition) is 0. The van der Waals surface area contributed by atoms with E-state index in [0.29, 0.717) is 5.92 Å². The van der Waals surface area contributed by atoms with E-state index in [2.05, 4.69) is 20.8 Å². The maximum absolute atomic E-state index is 3.64. The monoisotopic (exact) mass is 179 g/mol. The molecule has 0 unspecified atom stereocenters. The second kappa shape index (κ2) is 4.80. The second-order valence-electron chi connectivity index (χ2n) is 1.39. The van der Waals surface area contributed by atoms with Gasteiger partial charge in [-0.3, -0.25) is 0 Å². The molecule has 0 atom stereocenters. The van der Waals surface area contributed by atoms with Crippen LogP contribution in [0.4, 0.5) is 0 Å². The molecule has 0 saturated heterocycles. The van der Waals surface area contributed by atoms with E-state index in [1.54, 1.807) is 0 Å². The van der Waals surface area contributed by atoms with Crippen molar-refractivity contribution >= 4 is 23.9 Å². The van der Waals surface area contributed by atoms with Crippen LogP contribution in [-0.2, 0) is 0 Å². The quantitative estimate of drug-likeness (QED) is 0.475. The molecule has 0 heterocycles. The van der Waals surface area contributed by atoms with E-state index in [1.807, 2.05) is 0 Å². The molecule has 0 aromatic heterocycles. The molecule has 5 heavy (non-hydrogen) atoms. The van der Waals surface area contributed by atoms with Crippen LogP contribution in [-0.4, -0.2) is 23.9 Å². The summed E-state index contributed by atoms with van der Waals surface area (Å²) in [6.07, 6.45) is 0. The average Bonchev–Trinajstić information content (AvgIpc) is 0.811. The predicted octanol–water partition coefficient (Wildman–Crippen LogP) is 0.560. The third kappa shape index (κ3) is 58.9. The summed E-state index contributed by atoms with van der Waals surface area (Å²) in [5, 5.41) is 0. The number of hydrogen-bond donors (Lipinski definition) is 0. The summed E-state index contributed by atoms with van der Waals surface area (Å²) < 4.78 is 0. The fourth-order valence-corrected chi connectivity index (χ4v) is 0. The van der Waals surface area contributed by atoms with Crippen LogP contribution >= 0.6 is 0 Å². The summed E-state index contributed by atoms with van der Waals surface area (Å²) >= 11 is 0. The summed E-state index contributed by atoms with van der Waals surface area (Å²) in [5.41, 5.74) is 0. The first kappa shape index (κ1) is 9.25. The van der Waals surface area contributed by atoms with Crippen LogP contribution in [0.2, 0.25) is 0 Å². The Balaban J connectivity index is 0. The molecule has 0 aliphatic heterocycles. The van der Waals surface area contributed by atoms with Crippen LogP contribution in [0.25, 0.3) is 0 Å². The van der Waals surface area contributed by atoms with Crippen LogP contribution in [0.5, 0.6) is 0 Å². The molecule has 0 nitrogen and oxygen atoms in total. The molecular weight excluding hydrogens is 167 g/mol. The third-order valence-corrected chi connectivity index (χ3v) is 0. The zero-order valence-corrected chi connectivity index (χ0v) is 8.03. The van der Waals surface area contributed by atoms with E-state index in [-0.39, 0.29) is 23.9 Å². The van der Waals surface area contributed by atoms with E-state index in [4.69, 9.17) is 0 Å². The van der Waals surface area contributed by atoms with E-state index in [0.717, 1.165) is 0 Å². The Kier molecular flexibility index (Phi) is 8.88. The van der Waals surface area contributed by atoms with Gasteiger partial charge in [0, 0.05) is 0 Å². The van der Waals surface area contributed by atoms with Crippen molar-refractivity contribution in [2.75, 3.05) is 0 Å². The summed E-state index contributed by atoms with van der Waals surface area (Å²) in [6, 6.07) is 0. The standard InChI is InChI=1S/C4H9.Sn.2H/c1-4(2)3;;;/h4H,1H2,2-3H3;;;. The van der Waals surface area contributed by atoms with Crippen molar-refractivity contribution in [3.63, 3.8) is 0 Å². The summed E-state index contributed by atoms with van der Waals surface area (Å²) in [6.45, 7) is 7.75. The van der Waals surface area contributed by atoms with Gasteiger partial charge in [0.1, 0.15) is 0 Å². The van der Waals surface area contributed by atoms with Gasteiger partial charge in [0.05, 0.1) is 0 Å². The Bertz CT molecular complexity index is 8.36. The molecule has 31 valence electrons. The molecule has 0 aromatic rings. The van der Waals surface area contributed by atoms with Crippen molar-refractivity contribution in [2.24, 2.45) is 5.92 Å². The molecular formula is C4H11Sn. The van der Waals surface area contributed by atoms with Gasteiger partial charge in [0.25, 0.3) is 0 Å². The molecule has 0 aliphatic carbocycles. The van der Waals surface area contributed by atoms with Gasteiger partial charge >= 0.3 is 23.9 Å². The molecule has 0 spiro atoms. The van der Waals surface area contributed by atoms with E-state index >= 15 is 0 Å². The second-order valence-corrected chi connectivity index (χ2v) is 1.39. The normalized spacial score (nSPS) is 7.20. The van der Waals surface area contributed by atoms with Crippen LogP contribution < -0.4 is 0 Å². The van der Waals surface area contributed by atoms with Gasteiger partial charge in [-0.15, -0.1) is 0 Å². The fraction of sp³-hybridized carbons (Fsp3) is 0.750. The van der Waals surface area contributed by atoms with Gasteiger partial charge in [-0.2, -0.15) is 0 Å². The first-order chi connectivity index (χ1) is 1.73. The topological polar surface area (TPSA) is 0 Å². The summed E-state index contributed by atoms with van der Waals surface area (Å²) in [4.78, 5) is 0. The molecule has 0 amide bonds. The van der Waals surface area contributed by atoms with Crippen LogP contribution in [0, 0.1) is 12.8 Å². The first-order valence-corrected chi connectivity index (χ1v) is 1.56. The fourth-order valence-electron chi connectivity index (χ4n) is 0.